The van der Waals surface area contributed by atoms with Crippen molar-refractivity contribution in [3.05, 3.63) is 11.3 Å². The first-order valence-corrected chi connectivity index (χ1v) is 6.86. The van der Waals surface area contributed by atoms with Crippen molar-refractivity contribution < 1.29 is 9.90 Å². The van der Waals surface area contributed by atoms with Crippen LogP contribution >= 0.6 is 0 Å². The number of nitrogens with zero attached hydrogens (tertiary/aromatic N) is 1. The van der Waals surface area contributed by atoms with Crippen LogP contribution in [0.4, 0.5) is 0 Å². The number of rotatable bonds is 2. The molecule has 0 spiro atoms. The van der Waals surface area contributed by atoms with Gasteiger partial charge in [-0.1, -0.05) is 20.8 Å². The predicted molar refractivity (Wildman–Crippen MR) is 74.3 cm³/mol. The molecule has 0 aliphatic heterocycles. The van der Waals surface area contributed by atoms with Gasteiger partial charge in [0.15, 0.2) is 5.57 Å². The quantitative estimate of drug-likeness (QED) is 0.457. The Hall–Kier alpha value is -1.50. The summed E-state index contributed by atoms with van der Waals surface area (Å²) < 4.78 is 0. The summed E-state index contributed by atoms with van der Waals surface area (Å²) in [7, 11) is 0. The molecule has 0 aromatic rings. The van der Waals surface area contributed by atoms with E-state index in [1.807, 2.05) is 0 Å². The molecule has 1 rings (SSSR count). The van der Waals surface area contributed by atoms with Crippen molar-refractivity contribution >= 4 is 5.91 Å². The van der Waals surface area contributed by atoms with Crippen LogP contribution < -0.4 is 5.32 Å². The average Bonchev–Trinajstić information content (AvgIpc) is 2.28. The van der Waals surface area contributed by atoms with Gasteiger partial charge < -0.3 is 10.4 Å². The molecule has 4 nitrogen and oxygen atoms in total. The first kappa shape index (κ1) is 15.6. The summed E-state index contributed by atoms with van der Waals surface area (Å²) in [4.78, 5) is 11.8. The van der Waals surface area contributed by atoms with Crippen molar-refractivity contribution in [1.82, 2.24) is 5.32 Å². The Balaban J connectivity index is 2.53. The predicted octanol–water partition coefficient (Wildman–Crippen LogP) is 3.06. The van der Waals surface area contributed by atoms with Crippen molar-refractivity contribution in [1.29, 1.82) is 5.26 Å². The molecule has 2 N–H and O–H groups in total. The van der Waals surface area contributed by atoms with Crippen LogP contribution in [-0.4, -0.2) is 17.1 Å². The van der Waals surface area contributed by atoms with E-state index in [1.165, 1.54) is 6.92 Å². The molecule has 1 amide bonds. The summed E-state index contributed by atoms with van der Waals surface area (Å²) in [5, 5.41) is 20.9. The van der Waals surface area contributed by atoms with E-state index in [0.29, 0.717) is 11.3 Å². The standard InChI is InChI=1S/C15H24N2O2/c1-10(18)13(9-16)14(19)17-12-7-5-11(6-8-12)15(2,3)4/h11-12,18H,5-8H2,1-4H3,(H,17,19). The van der Waals surface area contributed by atoms with Crippen LogP contribution in [0, 0.1) is 22.7 Å². The highest BCUT2D eigenvalue weighted by atomic mass is 16.3. The lowest BCUT2D eigenvalue weighted by atomic mass is 9.71. The third-order valence-electron chi connectivity index (χ3n) is 3.99. The maximum absolute atomic E-state index is 11.8. The fourth-order valence-corrected chi connectivity index (χ4v) is 2.66. The van der Waals surface area contributed by atoms with Gasteiger partial charge in [0.25, 0.3) is 5.91 Å². The minimum Gasteiger partial charge on any atom is -0.511 e. The highest BCUT2D eigenvalue weighted by Gasteiger charge is 2.30. The molecule has 0 heterocycles. The van der Waals surface area contributed by atoms with Gasteiger partial charge in [-0.2, -0.15) is 5.26 Å². The van der Waals surface area contributed by atoms with Gasteiger partial charge in [0.05, 0.1) is 0 Å². The average molecular weight is 264 g/mol. The number of hydrogen-bond acceptors (Lipinski definition) is 3. The van der Waals surface area contributed by atoms with Crippen LogP contribution in [0.2, 0.25) is 0 Å². The molecular formula is C15H24N2O2. The molecule has 1 saturated carbocycles. The van der Waals surface area contributed by atoms with E-state index in [0.717, 1.165) is 25.7 Å². The van der Waals surface area contributed by atoms with E-state index in [9.17, 15) is 9.90 Å². The Bertz CT molecular complexity index is 401. The molecule has 0 aromatic heterocycles. The molecule has 0 unspecified atom stereocenters. The SMILES string of the molecule is CC(O)=C(C#N)C(=O)NC1CCC(C(C)(C)C)CC1. The molecule has 1 aliphatic carbocycles. The van der Waals surface area contributed by atoms with E-state index < -0.39 is 5.91 Å². The first-order chi connectivity index (χ1) is 8.75. The molecule has 19 heavy (non-hydrogen) atoms. The summed E-state index contributed by atoms with van der Waals surface area (Å²) in [5.74, 6) is 0.0105. The molecule has 1 fully saturated rings. The van der Waals surface area contributed by atoms with Crippen LogP contribution in [-0.2, 0) is 4.79 Å². The van der Waals surface area contributed by atoms with E-state index in [1.54, 1.807) is 6.07 Å². The van der Waals surface area contributed by atoms with Gasteiger partial charge in [0.2, 0.25) is 0 Å². The summed E-state index contributed by atoms with van der Waals surface area (Å²) in [5.41, 5.74) is 0.131. The maximum Gasteiger partial charge on any atom is 0.265 e. The molecule has 0 radical (unpaired) electrons. The lowest BCUT2D eigenvalue weighted by Crippen LogP contribution is -2.40. The number of carbonyl (C=O) groups excluding carboxylic acids is 1. The Morgan fingerprint density at radius 2 is 1.79 bits per heavy atom. The van der Waals surface area contributed by atoms with Crippen LogP contribution in [0.1, 0.15) is 53.4 Å². The normalized spacial score (nSPS) is 25.2. The van der Waals surface area contributed by atoms with Gasteiger partial charge in [-0.05, 0) is 43.9 Å². The summed E-state index contributed by atoms with van der Waals surface area (Å²) in [6.45, 7) is 8.11. The van der Waals surface area contributed by atoms with Gasteiger partial charge in [-0.25, -0.2) is 0 Å². The lowest BCUT2D eigenvalue weighted by Gasteiger charge is -2.37. The fourth-order valence-electron chi connectivity index (χ4n) is 2.66. The Morgan fingerprint density at radius 1 is 1.26 bits per heavy atom. The number of aliphatic hydroxyl groups is 1. The zero-order chi connectivity index (χ0) is 14.6. The van der Waals surface area contributed by atoms with Crippen molar-refractivity contribution in [3.63, 3.8) is 0 Å². The second-order valence-corrected chi connectivity index (χ2v) is 6.46. The number of allylic oxidation sites excluding steroid dienone is 1. The molecule has 0 saturated heterocycles. The fraction of sp³-hybridized carbons (Fsp3) is 0.733. The van der Waals surface area contributed by atoms with E-state index >= 15 is 0 Å². The minimum absolute atomic E-state index is 0.119. The second kappa shape index (κ2) is 6.10. The highest BCUT2D eigenvalue weighted by Crippen LogP contribution is 2.37. The molecule has 106 valence electrons. The lowest BCUT2D eigenvalue weighted by molar-refractivity contribution is -0.118. The minimum atomic E-state index is -0.457. The van der Waals surface area contributed by atoms with Gasteiger partial charge in [0, 0.05) is 6.04 Å². The Morgan fingerprint density at radius 3 is 2.16 bits per heavy atom. The number of hydrogen-bond donors (Lipinski definition) is 2. The van der Waals surface area contributed by atoms with Crippen LogP contribution in [0.5, 0.6) is 0 Å². The van der Waals surface area contributed by atoms with Gasteiger partial charge in [0.1, 0.15) is 11.8 Å². The van der Waals surface area contributed by atoms with Crippen LogP contribution in [0.3, 0.4) is 0 Å². The number of amides is 1. The first-order valence-electron chi connectivity index (χ1n) is 6.86. The van der Waals surface area contributed by atoms with E-state index in [4.69, 9.17) is 5.26 Å². The van der Waals surface area contributed by atoms with Crippen LogP contribution in [0.25, 0.3) is 0 Å². The third kappa shape index (κ3) is 4.27. The third-order valence-corrected chi connectivity index (χ3v) is 3.99. The van der Waals surface area contributed by atoms with Crippen molar-refractivity contribution in [2.24, 2.45) is 11.3 Å². The summed E-state index contributed by atoms with van der Waals surface area (Å²) in [6.07, 6.45) is 4.07. The Labute approximate surface area is 115 Å². The summed E-state index contributed by atoms with van der Waals surface area (Å²) in [6, 6.07) is 1.86. The van der Waals surface area contributed by atoms with Crippen molar-refractivity contribution in [2.45, 2.75) is 59.4 Å². The van der Waals surface area contributed by atoms with Gasteiger partial charge in [-0.15, -0.1) is 0 Å². The van der Waals surface area contributed by atoms with Gasteiger partial charge in [-0.3, -0.25) is 4.79 Å². The number of nitriles is 1. The topological polar surface area (TPSA) is 73.1 Å². The molecule has 0 aromatic carbocycles. The summed E-state index contributed by atoms with van der Waals surface area (Å²) >= 11 is 0. The number of nitrogens with one attached hydrogen (secondary N) is 1. The second-order valence-electron chi connectivity index (χ2n) is 6.46. The van der Waals surface area contributed by atoms with E-state index in [2.05, 4.69) is 26.1 Å². The highest BCUT2D eigenvalue weighted by molar-refractivity contribution is 5.97. The molecule has 1 aliphatic rings. The van der Waals surface area contributed by atoms with Crippen molar-refractivity contribution in [3.8, 4) is 6.07 Å². The van der Waals surface area contributed by atoms with Crippen LogP contribution in [0.15, 0.2) is 11.3 Å². The smallest absolute Gasteiger partial charge is 0.265 e. The van der Waals surface area contributed by atoms with Crippen molar-refractivity contribution in [2.75, 3.05) is 0 Å². The zero-order valence-electron chi connectivity index (χ0n) is 12.3. The maximum atomic E-state index is 11.8. The number of aliphatic hydroxyl groups excluding tert-OH is 1. The van der Waals surface area contributed by atoms with E-state index in [-0.39, 0.29) is 17.4 Å². The largest absolute Gasteiger partial charge is 0.511 e. The zero-order valence-corrected chi connectivity index (χ0v) is 12.3. The number of carbonyl (C=O) groups is 1. The van der Waals surface area contributed by atoms with Gasteiger partial charge >= 0.3 is 0 Å². The monoisotopic (exact) mass is 264 g/mol. The molecule has 0 atom stereocenters. The molecular weight excluding hydrogens is 240 g/mol. The Kier molecular flexibility index (Phi) is 4.99. The molecule has 4 heteroatoms. The molecule has 0 bridgehead atoms.